The average Bonchev–Trinajstić information content (AvgIpc) is 2.77. The van der Waals surface area contributed by atoms with Gasteiger partial charge in [-0.1, -0.05) is 30.3 Å². The Balaban J connectivity index is 1.61. The zero-order valence-corrected chi connectivity index (χ0v) is 17.9. The van der Waals surface area contributed by atoms with Crippen molar-refractivity contribution in [3.63, 3.8) is 0 Å². The Morgan fingerprint density at radius 3 is 2.68 bits per heavy atom. The van der Waals surface area contributed by atoms with Gasteiger partial charge in [-0.05, 0) is 25.1 Å². The molecule has 7 nitrogen and oxygen atoms in total. The number of carbonyl (C=O) groups is 2. The molecule has 1 unspecified atom stereocenters. The third-order valence-corrected chi connectivity index (χ3v) is 5.57. The number of rotatable bonds is 5. The molecule has 2 heterocycles. The summed E-state index contributed by atoms with van der Waals surface area (Å²) in [6.45, 7) is 3.22. The van der Waals surface area contributed by atoms with Crippen molar-refractivity contribution in [3.8, 4) is 5.75 Å². The Morgan fingerprint density at radius 2 is 1.87 bits per heavy atom. The number of hydrogen-bond acceptors (Lipinski definition) is 5. The van der Waals surface area contributed by atoms with Crippen molar-refractivity contribution in [1.29, 1.82) is 0 Å². The fourth-order valence-corrected chi connectivity index (χ4v) is 3.91. The quantitative estimate of drug-likeness (QED) is 0.617. The zero-order chi connectivity index (χ0) is 22.0. The minimum Gasteiger partial charge on any atom is -0.495 e. The van der Waals surface area contributed by atoms with Gasteiger partial charge in [0.15, 0.2) is 6.10 Å². The molecule has 2 N–H and O–H groups in total. The molecule has 0 aliphatic carbocycles. The summed E-state index contributed by atoms with van der Waals surface area (Å²) in [7, 11) is 3.63. The number of benzene rings is 2. The van der Waals surface area contributed by atoms with Crippen LogP contribution in [0.2, 0.25) is 0 Å². The number of ether oxygens (including phenoxy) is 2. The lowest BCUT2D eigenvalue weighted by atomic mass is 9.96. The van der Waals surface area contributed by atoms with E-state index in [0.29, 0.717) is 23.5 Å². The van der Waals surface area contributed by atoms with Crippen molar-refractivity contribution in [2.24, 2.45) is 0 Å². The molecule has 1 aromatic heterocycles. The van der Waals surface area contributed by atoms with Crippen LogP contribution < -0.4 is 15.0 Å². The molecular weight excluding hydrogens is 394 g/mol. The third-order valence-electron chi connectivity index (χ3n) is 5.57. The highest BCUT2D eigenvalue weighted by Crippen LogP contribution is 2.27. The summed E-state index contributed by atoms with van der Waals surface area (Å²) in [5, 5.41) is 3.52. The molecule has 0 fully saturated rings. The normalized spacial score (nSPS) is 16.3. The Kier molecular flexibility index (Phi) is 5.86. The monoisotopic (exact) mass is 420 g/mol. The summed E-state index contributed by atoms with van der Waals surface area (Å²) in [5.74, 6) is -0.394. The van der Waals surface area contributed by atoms with Crippen molar-refractivity contribution in [1.82, 2.24) is 4.98 Å². The van der Waals surface area contributed by atoms with Crippen LogP contribution in [0, 0.1) is 0 Å². The van der Waals surface area contributed by atoms with Gasteiger partial charge in [-0.2, -0.15) is 0 Å². The van der Waals surface area contributed by atoms with E-state index in [0.717, 1.165) is 35.1 Å². The molecule has 0 saturated heterocycles. The number of aromatic nitrogens is 1. The van der Waals surface area contributed by atoms with E-state index in [1.165, 1.54) is 12.0 Å². The summed E-state index contributed by atoms with van der Waals surface area (Å²) >= 11 is 0. The van der Waals surface area contributed by atoms with Crippen LogP contribution in [-0.2, 0) is 22.5 Å². The van der Waals surface area contributed by atoms with Gasteiger partial charge in [-0.25, -0.2) is 4.79 Å². The van der Waals surface area contributed by atoms with E-state index in [2.05, 4.69) is 12.4 Å². The summed E-state index contributed by atoms with van der Waals surface area (Å²) in [4.78, 5) is 32.0. The van der Waals surface area contributed by atoms with Crippen LogP contribution in [0.1, 0.15) is 28.5 Å². The molecule has 2 atom stereocenters. The topological polar surface area (TPSA) is 82.0 Å². The van der Waals surface area contributed by atoms with E-state index >= 15 is 0 Å². The maximum absolute atomic E-state index is 13.3. The Bertz CT molecular complexity index is 1140. The maximum Gasteiger partial charge on any atom is 0.340 e. The summed E-state index contributed by atoms with van der Waals surface area (Å²) < 4.78 is 10.9. The molecule has 3 aromatic rings. The van der Waals surface area contributed by atoms with Crippen molar-refractivity contribution < 1.29 is 24.0 Å². The molecular formula is C24H26N3O4+. The molecule has 0 spiro atoms. The largest absolute Gasteiger partial charge is 0.495 e. The van der Waals surface area contributed by atoms with Crippen LogP contribution in [0.3, 0.4) is 0 Å². The van der Waals surface area contributed by atoms with Crippen LogP contribution in [0.4, 0.5) is 5.69 Å². The minimum atomic E-state index is -0.978. The lowest BCUT2D eigenvalue weighted by Crippen LogP contribution is -3.08. The van der Waals surface area contributed by atoms with Crippen molar-refractivity contribution in [3.05, 3.63) is 65.4 Å². The van der Waals surface area contributed by atoms with Crippen LogP contribution >= 0.6 is 0 Å². The maximum atomic E-state index is 13.3. The number of pyridine rings is 1. The van der Waals surface area contributed by atoms with Gasteiger partial charge in [0.05, 0.1) is 43.2 Å². The summed E-state index contributed by atoms with van der Waals surface area (Å²) in [5.41, 5.74) is 3.64. The van der Waals surface area contributed by atoms with Crippen LogP contribution in [-0.4, -0.2) is 43.7 Å². The molecule has 0 saturated carbocycles. The predicted molar refractivity (Wildman–Crippen MR) is 117 cm³/mol. The number of quaternary nitrogens is 1. The van der Waals surface area contributed by atoms with E-state index < -0.39 is 18.0 Å². The number of para-hydroxylation sites is 3. The minimum absolute atomic E-state index is 0.423. The molecule has 1 amide bonds. The van der Waals surface area contributed by atoms with Gasteiger partial charge in [0, 0.05) is 17.4 Å². The first-order valence-corrected chi connectivity index (χ1v) is 10.3. The van der Waals surface area contributed by atoms with E-state index in [9.17, 15) is 9.59 Å². The number of carbonyl (C=O) groups excluding carboxylic acids is 2. The molecule has 1 aliphatic rings. The number of nitrogens with one attached hydrogen (secondary N) is 2. The number of amides is 1. The van der Waals surface area contributed by atoms with Gasteiger partial charge >= 0.3 is 5.97 Å². The molecule has 0 bridgehead atoms. The predicted octanol–water partition coefficient (Wildman–Crippen LogP) is 2.00. The average molecular weight is 420 g/mol. The van der Waals surface area contributed by atoms with Crippen molar-refractivity contribution in [2.45, 2.75) is 26.0 Å². The van der Waals surface area contributed by atoms with E-state index in [-0.39, 0.29) is 0 Å². The second-order valence-electron chi connectivity index (χ2n) is 7.80. The molecule has 160 valence electrons. The van der Waals surface area contributed by atoms with Crippen LogP contribution in [0.15, 0.2) is 48.5 Å². The molecule has 1 aliphatic heterocycles. The lowest BCUT2D eigenvalue weighted by molar-refractivity contribution is -0.895. The number of anilines is 1. The fourth-order valence-electron chi connectivity index (χ4n) is 3.91. The van der Waals surface area contributed by atoms with Crippen LogP contribution in [0.25, 0.3) is 10.9 Å². The molecule has 2 aromatic carbocycles. The van der Waals surface area contributed by atoms with Gasteiger partial charge < -0.3 is 19.7 Å². The first kappa shape index (κ1) is 20.8. The van der Waals surface area contributed by atoms with Crippen molar-refractivity contribution in [2.75, 3.05) is 26.0 Å². The highest BCUT2D eigenvalue weighted by molar-refractivity contribution is 6.06. The summed E-state index contributed by atoms with van der Waals surface area (Å²) in [6, 6.07) is 14.7. The van der Waals surface area contributed by atoms with Gasteiger partial charge in [-0.3, -0.25) is 9.78 Å². The van der Waals surface area contributed by atoms with E-state index in [1.807, 2.05) is 30.3 Å². The SMILES string of the molecule is COc1ccccc1NC(=O)[C@H](C)OC(=O)c1c2c(nc3ccccc13)CC[NH+](C)C2. The molecule has 7 heteroatoms. The number of esters is 1. The Morgan fingerprint density at radius 1 is 1.13 bits per heavy atom. The van der Waals surface area contributed by atoms with Crippen molar-refractivity contribution >= 4 is 28.5 Å². The number of fused-ring (bicyclic) bond motifs is 2. The van der Waals surface area contributed by atoms with Gasteiger partial charge in [0.25, 0.3) is 5.91 Å². The third kappa shape index (κ3) is 4.22. The summed E-state index contributed by atoms with van der Waals surface area (Å²) in [6.07, 6.45) is -0.176. The lowest BCUT2D eigenvalue weighted by Gasteiger charge is -2.25. The highest BCUT2D eigenvalue weighted by Gasteiger charge is 2.29. The van der Waals surface area contributed by atoms with Gasteiger partial charge in [0.1, 0.15) is 12.3 Å². The first-order valence-electron chi connectivity index (χ1n) is 10.3. The number of nitrogens with zero attached hydrogens (tertiary/aromatic N) is 1. The standard InChI is InChI=1S/C24H25N3O4/c1-15(23(28)26-20-10-6-7-11-21(20)30-3)31-24(29)22-16-8-4-5-9-18(16)25-19-12-13-27(2)14-17(19)22/h4-11,15H,12-14H2,1-3H3,(H,26,28)/p+1/t15-/m0/s1. The number of hydrogen-bond donors (Lipinski definition) is 2. The van der Waals surface area contributed by atoms with Crippen LogP contribution in [0.5, 0.6) is 5.75 Å². The molecule has 31 heavy (non-hydrogen) atoms. The molecule has 0 radical (unpaired) electrons. The number of likely N-dealkylation sites (N-methyl/N-ethyl adjacent to an activating group) is 1. The first-order chi connectivity index (χ1) is 15.0. The Hall–Kier alpha value is -3.45. The Labute approximate surface area is 181 Å². The second-order valence-corrected chi connectivity index (χ2v) is 7.80. The second kappa shape index (κ2) is 8.73. The number of methoxy groups -OCH3 is 1. The van der Waals surface area contributed by atoms with E-state index in [1.54, 1.807) is 25.1 Å². The van der Waals surface area contributed by atoms with E-state index in [4.69, 9.17) is 14.5 Å². The van der Waals surface area contributed by atoms with Gasteiger partial charge in [-0.15, -0.1) is 0 Å². The smallest absolute Gasteiger partial charge is 0.340 e. The molecule has 4 rings (SSSR count). The highest BCUT2D eigenvalue weighted by atomic mass is 16.5. The van der Waals surface area contributed by atoms with Gasteiger partial charge in [0.2, 0.25) is 0 Å². The fraction of sp³-hybridized carbons (Fsp3) is 0.292. The zero-order valence-electron chi connectivity index (χ0n) is 17.9.